The first kappa shape index (κ1) is 9.40. The van der Waals surface area contributed by atoms with E-state index in [2.05, 4.69) is 35.1 Å². The van der Waals surface area contributed by atoms with Crippen LogP contribution in [0.25, 0.3) is 0 Å². The van der Waals surface area contributed by atoms with E-state index in [0.717, 1.165) is 6.54 Å². The predicted octanol–water partition coefficient (Wildman–Crippen LogP) is 1.89. The van der Waals surface area contributed by atoms with Crippen molar-refractivity contribution in [1.82, 2.24) is 15.1 Å². The van der Waals surface area contributed by atoms with Crippen LogP contribution in [0.2, 0.25) is 0 Å². The average molecular weight is 205 g/mol. The molecule has 1 aromatic rings. The van der Waals surface area contributed by atoms with E-state index in [4.69, 9.17) is 0 Å². The van der Waals surface area contributed by atoms with Crippen molar-refractivity contribution in [3.8, 4) is 0 Å². The molecule has 2 unspecified atom stereocenters. The fraction of sp³-hybridized carbons (Fsp3) is 0.750. The van der Waals surface area contributed by atoms with Gasteiger partial charge in [-0.2, -0.15) is 5.10 Å². The molecule has 0 radical (unpaired) electrons. The van der Waals surface area contributed by atoms with Crippen molar-refractivity contribution in [1.29, 1.82) is 0 Å². The van der Waals surface area contributed by atoms with Gasteiger partial charge < -0.3 is 5.32 Å². The summed E-state index contributed by atoms with van der Waals surface area (Å²) in [6, 6.07) is 1.31. The molecule has 0 spiro atoms. The predicted molar refractivity (Wildman–Crippen MR) is 59.7 cm³/mol. The number of hydrogen-bond acceptors (Lipinski definition) is 2. The third-order valence-electron chi connectivity index (χ3n) is 3.57. The van der Waals surface area contributed by atoms with E-state index >= 15 is 0 Å². The molecule has 3 heteroatoms. The van der Waals surface area contributed by atoms with Crippen LogP contribution in [-0.4, -0.2) is 15.8 Å². The second-order valence-corrected chi connectivity index (χ2v) is 5.32. The van der Waals surface area contributed by atoms with Gasteiger partial charge in [-0.1, -0.05) is 13.8 Å². The maximum absolute atomic E-state index is 4.53. The lowest BCUT2D eigenvalue weighted by Crippen LogP contribution is -2.32. The molecule has 2 aliphatic rings. The molecule has 1 fully saturated rings. The Balaban J connectivity index is 1.94. The standard InChI is InChI=1S/C12H19N3/c1-8(2)7-15-12-5-9-3-4-11(14-9)10(12)6-13-15/h6,8-9,11,14H,3-5,7H2,1-2H3. The van der Waals surface area contributed by atoms with Gasteiger partial charge in [-0.15, -0.1) is 0 Å². The molecule has 3 rings (SSSR count). The molecule has 1 aromatic heterocycles. The topological polar surface area (TPSA) is 29.9 Å². The maximum Gasteiger partial charge on any atom is 0.0540 e. The highest BCUT2D eigenvalue weighted by Gasteiger charge is 2.34. The van der Waals surface area contributed by atoms with Crippen LogP contribution in [0.15, 0.2) is 6.20 Å². The van der Waals surface area contributed by atoms with E-state index < -0.39 is 0 Å². The highest BCUT2D eigenvalue weighted by Crippen LogP contribution is 2.35. The van der Waals surface area contributed by atoms with Crippen LogP contribution in [-0.2, 0) is 13.0 Å². The summed E-state index contributed by atoms with van der Waals surface area (Å²) in [4.78, 5) is 0. The summed E-state index contributed by atoms with van der Waals surface area (Å²) in [6.45, 7) is 5.57. The van der Waals surface area contributed by atoms with Crippen LogP contribution < -0.4 is 5.32 Å². The number of aromatic nitrogens is 2. The average Bonchev–Trinajstić information content (AvgIpc) is 2.74. The van der Waals surface area contributed by atoms with Gasteiger partial charge in [0.15, 0.2) is 0 Å². The van der Waals surface area contributed by atoms with Crippen LogP contribution in [0.3, 0.4) is 0 Å². The third-order valence-corrected chi connectivity index (χ3v) is 3.57. The van der Waals surface area contributed by atoms with Crippen LogP contribution in [0.1, 0.15) is 44.0 Å². The normalized spacial score (nSPS) is 28.5. The minimum absolute atomic E-state index is 0.597. The number of hydrogen-bond donors (Lipinski definition) is 1. The first-order valence-electron chi connectivity index (χ1n) is 6.04. The number of nitrogens with zero attached hydrogens (tertiary/aromatic N) is 2. The van der Waals surface area contributed by atoms with Crippen molar-refractivity contribution in [2.24, 2.45) is 5.92 Å². The minimum atomic E-state index is 0.597. The summed E-state index contributed by atoms with van der Waals surface area (Å²) in [5.74, 6) is 0.682. The summed E-state index contributed by atoms with van der Waals surface area (Å²) < 4.78 is 2.23. The lowest BCUT2D eigenvalue weighted by Gasteiger charge is -2.22. The summed E-state index contributed by atoms with van der Waals surface area (Å²) in [5, 5.41) is 8.19. The molecule has 3 heterocycles. The number of nitrogens with one attached hydrogen (secondary N) is 1. The molecule has 2 bridgehead atoms. The minimum Gasteiger partial charge on any atom is -0.307 e. The van der Waals surface area contributed by atoms with Gasteiger partial charge in [0, 0.05) is 36.3 Å². The summed E-state index contributed by atoms with van der Waals surface area (Å²) >= 11 is 0. The molecule has 3 nitrogen and oxygen atoms in total. The molecule has 1 N–H and O–H groups in total. The highest BCUT2D eigenvalue weighted by atomic mass is 15.3. The largest absolute Gasteiger partial charge is 0.307 e. The first-order valence-corrected chi connectivity index (χ1v) is 6.04. The van der Waals surface area contributed by atoms with Crippen molar-refractivity contribution in [3.05, 3.63) is 17.5 Å². The molecular formula is C12H19N3. The quantitative estimate of drug-likeness (QED) is 0.799. The van der Waals surface area contributed by atoms with Crippen LogP contribution in [0, 0.1) is 5.92 Å². The lowest BCUT2D eigenvalue weighted by molar-refractivity contribution is 0.439. The van der Waals surface area contributed by atoms with Gasteiger partial charge in [-0.25, -0.2) is 0 Å². The Hall–Kier alpha value is -0.830. The van der Waals surface area contributed by atoms with Gasteiger partial charge in [0.25, 0.3) is 0 Å². The van der Waals surface area contributed by atoms with E-state index in [-0.39, 0.29) is 0 Å². The molecule has 2 aliphatic heterocycles. The Morgan fingerprint density at radius 2 is 2.40 bits per heavy atom. The van der Waals surface area contributed by atoms with Gasteiger partial charge in [-0.05, 0) is 18.8 Å². The summed E-state index contributed by atoms with van der Waals surface area (Å²) in [5.41, 5.74) is 2.96. The Morgan fingerprint density at radius 3 is 3.20 bits per heavy atom. The van der Waals surface area contributed by atoms with Gasteiger partial charge in [0.05, 0.1) is 6.20 Å². The van der Waals surface area contributed by atoms with Crippen molar-refractivity contribution in [2.75, 3.05) is 0 Å². The molecule has 82 valence electrons. The fourth-order valence-electron chi connectivity index (χ4n) is 2.90. The summed E-state index contributed by atoms with van der Waals surface area (Å²) in [7, 11) is 0. The van der Waals surface area contributed by atoms with Crippen LogP contribution in [0.4, 0.5) is 0 Å². The molecule has 0 aliphatic carbocycles. The van der Waals surface area contributed by atoms with Gasteiger partial charge in [-0.3, -0.25) is 4.68 Å². The van der Waals surface area contributed by atoms with Crippen molar-refractivity contribution in [3.63, 3.8) is 0 Å². The Kier molecular flexibility index (Phi) is 2.09. The van der Waals surface area contributed by atoms with Crippen LogP contribution >= 0.6 is 0 Å². The van der Waals surface area contributed by atoms with E-state index in [1.165, 1.54) is 30.5 Å². The zero-order chi connectivity index (χ0) is 10.4. The first-order chi connectivity index (χ1) is 7.24. The van der Waals surface area contributed by atoms with Gasteiger partial charge in [0.2, 0.25) is 0 Å². The molecular weight excluding hydrogens is 186 g/mol. The van der Waals surface area contributed by atoms with E-state index in [9.17, 15) is 0 Å². The van der Waals surface area contributed by atoms with E-state index in [1.54, 1.807) is 0 Å². The monoisotopic (exact) mass is 205 g/mol. The van der Waals surface area contributed by atoms with Gasteiger partial charge >= 0.3 is 0 Å². The fourth-order valence-corrected chi connectivity index (χ4v) is 2.90. The molecule has 0 saturated carbocycles. The van der Waals surface area contributed by atoms with Crippen molar-refractivity contribution in [2.45, 2.75) is 51.7 Å². The van der Waals surface area contributed by atoms with Crippen molar-refractivity contribution < 1.29 is 0 Å². The van der Waals surface area contributed by atoms with Gasteiger partial charge in [0.1, 0.15) is 0 Å². The molecule has 0 amide bonds. The summed E-state index contributed by atoms with van der Waals surface area (Å²) in [6.07, 6.45) is 5.89. The SMILES string of the molecule is CC(C)Cn1ncc2c1CC1CCC2N1. The zero-order valence-corrected chi connectivity index (χ0v) is 9.53. The van der Waals surface area contributed by atoms with Crippen molar-refractivity contribution >= 4 is 0 Å². The second-order valence-electron chi connectivity index (χ2n) is 5.32. The molecule has 0 aromatic carbocycles. The number of fused-ring (bicyclic) bond motifs is 4. The number of rotatable bonds is 2. The maximum atomic E-state index is 4.53. The highest BCUT2D eigenvalue weighted by molar-refractivity contribution is 5.28. The molecule has 2 atom stereocenters. The van der Waals surface area contributed by atoms with E-state index in [1.807, 2.05) is 0 Å². The Morgan fingerprint density at radius 1 is 1.53 bits per heavy atom. The smallest absolute Gasteiger partial charge is 0.0540 e. The Labute approximate surface area is 90.9 Å². The molecule has 1 saturated heterocycles. The lowest BCUT2D eigenvalue weighted by atomic mass is 10.0. The second kappa shape index (κ2) is 3.34. The van der Waals surface area contributed by atoms with E-state index in [0.29, 0.717) is 18.0 Å². The third kappa shape index (κ3) is 1.49. The molecule has 15 heavy (non-hydrogen) atoms. The van der Waals surface area contributed by atoms with Crippen LogP contribution in [0.5, 0.6) is 0 Å². The Bertz CT molecular complexity index is 367. The zero-order valence-electron chi connectivity index (χ0n) is 9.53.